The molecule has 0 saturated carbocycles. The van der Waals surface area contributed by atoms with Gasteiger partial charge < -0.3 is 10.1 Å². The first-order valence-electron chi connectivity index (χ1n) is 6.14. The van der Waals surface area contributed by atoms with Gasteiger partial charge in [0.05, 0.1) is 5.02 Å². The molecule has 0 aliphatic carbocycles. The average Bonchev–Trinajstić information content (AvgIpc) is 2.75. The fraction of sp³-hybridized carbons (Fsp3) is 0.500. The number of fused-ring (bicyclic) bond motifs is 1. The molecule has 19 heavy (non-hydrogen) atoms. The van der Waals surface area contributed by atoms with Crippen LogP contribution in [0.3, 0.4) is 0 Å². The molecule has 3 heterocycles. The standard InChI is InChI=1S/C12H13Cl2N3O2/c13-8-4-7(5-15-10(8)14)6-17-3-1-2-9-11(17)16-12(18)19-9/h4-5,9,11H,1-3,6H2,(H,16,18). The molecule has 2 saturated heterocycles. The third-order valence-electron chi connectivity index (χ3n) is 3.44. The molecule has 3 rings (SSSR count). The number of hydrogen-bond donors (Lipinski definition) is 1. The van der Waals surface area contributed by atoms with Crippen molar-refractivity contribution in [2.24, 2.45) is 0 Å². The Morgan fingerprint density at radius 3 is 3.16 bits per heavy atom. The van der Waals surface area contributed by atoms with E-state index in [0.717, 1.165) is 24.9 Å². The highest BCUT2D eigenvalue weighted by Crippen LogP contribution is 2.26. The van der Waals surface area contributed by atoms with Crippen LogP contribution in [0, 0.1) is 0 Å². The number of rotatable bonds is 2. The van der Waals surface area contributed by atoms with Gasteiger partial charge in [-0.3, -0.25) is 4.90 Å². The Labute approximate surface area is 120 Å². The minimum atomic E-state index is -0.339. The van der Waals surface area contributed by atoms with E-state index in [-0.39, 0.29) is 18.4 Å². The van der Waals surface area contributed by atoms with Crippen LogP contribution in [0.15, 0.2) is 12.3 Å². The normalized spacial score (nSPS) is 26.7. The number of carbonyl (C=O) groups is 1. The monoisotopic (exact) mass is 301 g/mol. The third-order valence-corrected chi connectivity index (χ3v) is 4.13. The summed E-state index contributed by atoms with van der Waals surface area (Å²) < 4.78 is 5.22. The summed E-state index contributed by atoms with van der Waals surface area (Å²) in [6.07, 6.45) is 3.15. The minimum Gasteiger partial charge on any atom is -0.443 e. The second kappa shape index (κ2) is 5.15. The highest BCUT2D eigenvalue weighted by molar-refractivity contribution is 6.41. The number of piperidine rings is 1. The molecule has 2 unspecified atom stereocenters. The fourth-order valence-electron chi connectivity index (χ4n) is 2.59. The van der Waals surface area contributed by atoms with Gasteiger partial charge in [0.15, 0.2) is 0 Å². The summed E-state index contributed by atoms with van der Waals surface area (Å²) in [7, 11) is 0. The van der Waals surface area contributed by atoms with Crippen LogP contribution in [0.25, 0.3) is 0 Å². The fourth-order valence-corrected chi connectivity index (χ4v) is 2.88. The Balaban J connectivity index is 1.74. The molecule has 0 aromatic carbocycles. The van der Waals surface area contributed by atoms with Gasteiger partial charge in [-0.05, 0) is 24.5 Å². The molecule has 0 bridgehead atoms. The van der Waals surface area contributed by atoms with Crippen molar-refractivity contribution >= 4 is 29.3 Å². The number of alkyl carbamates (subject to hydrolysis) is 1. The second-order valence-electron chi connectivity index (χ2n) is 4.76. The minimum absolute atomic E-state index is 0.0584. The molecule has 2 aliphatic heterocycles. The van der Waals surface area contributed by atoms with Crippen molar-refractivity contribution in [3.63, 3.8) is 0 Å². The molecular weight excluding hydrogens is 289 g/mol. The number of halogens is 2. The topological polar surface area (TPSA) is 54.5 Å². The Bertz CT molecular complexity index is 512. The number of pyridine rings is 1. The van der Waals surface area contributed by atoms with E-state index < -0.39 is 0 Å². The summed E-state index contributed by atoms with van der Waals surface area (Å²) in [5, 5.41) is 3.59. The first kappa shape index (κ1) is 13.0. The van der Waals surface area contributed by atoms with Crippen LogP contribution in [0.1, 0.15) is 18.4 Å². The van der Waals surface area contributed by atoms with E-state index in [1.807, 2.05) is 0 Å². The number of hydrogen-bond acceptors (Lipinski definition) is 4. The first-order chi connectivity index (χ1) is 9.13. The van der Waals surface area contributed by atoms with Crippen molar-refractivity contribution in [3.8, 4) is 0 Å². The Hall–Kier alpha value is -1.04. The lowest BCUT2D eigenvalue weighted by molar-refractivity contribution is 0.0381. The molecular formula is C12H13Cl2N3O2. The number of ether oxygens (including phenoxy) is 1. The summed E-state index contributed by atoms with van der Waals surface area (Å²) in [5.74, 6) is 0. The van der Waals surface area contributed by atoms with Gasteiger partial charge in [-0.25, -0.2) is 9.78 Å². The maximum absolute atomic E-state index is 11.3. The summed E-state index contributed by atoms with van der Waals surface area (Å²) in [5.41, 5.74) is 0.969. The lowest BCUT2D eigenvalue weighted by Gasteiger charge is -2.34. The maximum Gasteiger partial charge on any atom is 0.408 e. The van der Waals surface area contributed by atoms with Gasteiger partial charge in [0, 0.05) is 19.3 Å². The van der Waals surface area contributed by atoms with Crippen LogP contribution in [0.4, 0.5) is 4.79 Å². The zero-order valence-electron chi connectivity index (χ0n) is 10.1. The number of carbonyl (C=O) groups excluding carboxylic acids is 1. The van der Waals surface area contributed by atoms with Gasteiger partial charge in [0.1, 0.15) is 17.4 Å². The second-order valence-corrected chi connectivity index (χ2v) is 5.53. The molecule has 0 radical (unpaired) electrons. The van der Waals surface area contributed by atoms with Crippen LogP contribution in [-0.4, -0.2) is 34.8 Å². The van der Waals surface area contributed by atoms with Crippen molar-refractivity contribution in [2.45, 2.75) is 31.7 Å². The molecule has 1 amide bonds. The molecule has 1 aromatic rings. The molecule has 1 N–H and O–H groups in total. The number of nitrogens with one attached hydrogen (secondary N) is 1. The lowest BCUT2D eigenvalue weighted by Crippen LogP contribution is -2.51. The molecule has 2 atom stereocenters. The molecule has 2 aliphatic rings. The largest absolute Gasteiger partial charge is 0.443 e. The molecule has 5 nitrogen and oxygen atoms in total. The molecule has 7 heteroatoms. The van der Waals surface area contributed by atoms with Gasteiger partial charge in [-0.1, -0.05) is 23.2 Å². The van der Waals surface area contributed by atoms with Gasteiger partial charge in [-0.2, -0.15) is 0 Å². The molecule has 0 spiro atoms. The highest BCUT2D eigenvalue weighted by Gasteiger charge is 2.40. The molecule has 2 fully saturated rings. The Morgan fingerprint density at radius 1 is 1.53 bits per heavy atom. The Kier molecular flexibility index (Phi) is 3.52. The summed E-state index contributed by atoms with van der Waals surface area (Å²) in [6, 6.07) is 1.80. The van der Waals surface area contributed by atoms with E-state index in [1.165, 1.54) is 0 Å². The SMILES string of the molecule is O=C1NC2C(CCCN2Cc2cnc(Cl)c(Cl)c2)O1. The van der Waals surface area contributed by atoms with Crippen molar-refractivity contribution in [1.82, 2.24) is 15.2 Å². The smallest absolute Gasteiger partial charge is 0.408 e. The summed E-state index contributed by atoms with van der Waals surface area (Å²) in [6.45, 7) is 1.57. The zero-order valence-corrected chi connectivity index (χ0v) is 11.6. The van der Waals surface area contributed by atoms with E-state index in [9.17, 15) is 4.79 Å². The number of likely N-dealkylation sites (tertiary alicyclic amines) is 1. The molecule has 1 aromatic heterocycles. The van der Waals surface area contributed by atoms with E-state index in [2.05, 4.69) is 15.2 Å². The lowest BCUT2D eigenvalue weighted by atomic mass is 10.0. The van der Waals surface area contributed by atoms with Gasteiger partial charge in [-0.15, -0.1) is 0 Å². The summed E-state index contributed by atoms with van der Waals surface area (Å²) in [4.78, 5) is 17.5. The van der Waals surface area contributed by atoms with Crippen LogP contribution in [-0.2, 0) is 11.3 Å². The Morgan fingerprint density at radius 2 is 2.37 bits per heavy atom. The van der Waals surface area contributed by atoms with E-state index in [0.29, 0.717) is 16.7 Å². The zero-order chi connectivity index (χ0) is 13.4. The van der Waals surface area contributed by atoms with Crippen LogP contribution >= 0.6 is 23.2 Å². The average molecular weight is 302 g/mol. The maximum atomic E-state index is 11.3. The quantitative estimate of drug-likeness (QED) is 0.853. The van der Waals surface area contributed by atoms with Gasteiger partial charge >= 0.3 is 6.09 Å². The first-order valence-corrected chi connectivity index (χ1v) is 6.90. The van der Waals surface area contributed by atoms with Crippen LogP contribution in [0.5, 0.6) is 0 Å². The van der Waals surface area contributed by atoms with Crippen molar-refractivity contribution in [2.75, 3.05) is 6.54 Å². The van der Waals surface area contributed by atoms with Crippen LogP contribution < -0.4 is 5.32 Å². The van der Waals surface area contributed by atoms with Crippen molar-refractivity contribution in [3.05, 3.63) is 28.0 Å². The van der Waals surface area contributed by atoms with Crippen molar-refractivity contribution in [1.29, 1.82) is 0 Å². The third kappa shape index (κ3) is 2.63. The summed E-state index contributed by atoms with van der Waals surface area (Å²) >= 11 is 11.8. The van der Waals surface area contributed by atoms with Crippen LogP contribution in [0.2, 0.25) is 10.2 Å². The number of amides is 1. The van der Waals surface area contributed by atoms with E-state index in [1.54, 1.807) is 12.3 Å². The molecule has 102 valence electrons. The van der Waals surface area contributed by atoms with E-state index in [4.69, 9.17) is 27.9 Å². The van der Waals surface area contributed by atoms with Gasteiger partial charge in [0.2, 0.25) is 0 Å². The number of nitrogens with zero attached hydrogens (tertiary/aromatic N) is 2. The van der Waals surface area contributed by atoms with Crippen molar-refractivity contribution < 1.29 is 9.53 Å². The van der Waals surface area contributed by atoms with E-state index >= 15 is 0 Å². The van der Waals surface area contributed by atoms with Gasteiger partial charge in [0.25, 0.3) is 0 Å². The predicted octanol–water partition coefficient (Wildman–Crippen LogP) is 2.42. The number of aromatic nitrogens is 1. The highest BCUT2D eigenvalue weighted by atomic mass is 35.5. The predicted molar refractivity (Wildman–Crippen MR) is 71.1 cm³/mol.